The van der Waals surface area contributed by atoms with E-state index in [0.717, 1.165) is 25.5 Å². The second kappa shape index (κ2) is 5.88. The summed E-state index contributed by atoms with van der Waals surface area (Å²) in [5.74, 6) is 0. The zero-order valence-corrected chi connectivity index (χ0v) is 11.6. The fourth-order valence-corrected chi connectivity index (χ4v) is 5.18. The van der Waals surface area contributed by atoms with Crippen molar-refractivity contribution in [3.63, 3.8) is 0 Å². The van der Waals surface area contributed by atoms with Crippen LogP contribution in [0.3, 0.4) is 0 Å². The van der Waals surface area contributed by atoms with Crippen molar-refractivity contribution < 1.29 is 8.85 Å². The lowest BCUT2D eigenvalue weighted by Crippen LogP contribution is -2.49. The van der Waals surface area contributed by atoms with Gasteiger partial charge in [-0.3, -0.25) is 0 Å². The van der Waals surface area contributed by atoms with E-state index in [1.54, 1.807) is 0 Å². The molecular formula is C11H26O2Si. The quantitative estimate of drug-likeness (QED) is 0.633. The molecule has 0 aromatic rings. The first kappa shape index (κ1) is 14.1. The lowest BCUT2D eigenvalue weighted by Gasteiger charge is -2.39. The molecule has 0 saturated heterocycles. The van der Waals surface area contributed by atoms with Gasteiger partial charge in [-0.15, -0.1) is 0 Å². The van der Waals surface area contributed by atoms with Crippen LogP contribution in [0.5, 0.6) is 0 Å². The highest BCUT2D eigenvalue weighted by atomic mass is 28.4. The summed E-state index contributed by atoms with van der Waals surface area (Å²) in [6.07, 6.45) is 2.21. The molecule has 14 heavy (non-hydrogen) atoms. The highest BCUT2D eigenvalue weighted by Gasteiger charge is 2.47. The van der Waals surface area contributed by atoms with Crippen LogP contribution in [0.1, 0.15) is 47.5 Å². The van der Waals surface area contributed by atoms with Crippen molar-refractivity contribution in [1.29, 1.82) is 0 Å². The SMILES string of the molecule is CCCO[Si](CCC)(OC)C(C)(C)C. The van der Waals surface area contributed by atoms with Crippen molar-refractivity contribution in [2.24, 2.45) is 0 Å². The first-order valence-corrected chi connectivity index (χ1v) is 7.65. The van der Waals surface area contributed by atoms with Crippen LogP contribution in [0, 0.1) is 0 Å². The van der Waals surface area contributed by atoms with Crippen LogP contribution in [0.2, 0.25) is 11.1 Å². The lowest BCUT2D eigenvalue weighted by atomic mass is 10.2. The largest absolute Gasteiger partial charge is 0.397 e. The Kier molecular flexibility index (Phi) is 5.94. The maximum absolute atomic E-state index is 6.05. The Bertz CT molecular complexity index is 154. The van der Waals surface area contributed by atoms with Gasteiger partial charge in [-0.25, -0.2) is 0 Å². The van der Waals surface area contributed by atoms with Gasteiger partial charge in [-0.1, -0.05) is 41.0 Å². The fourth-order valence-electron chi connectivity index (χ4n) is 1.73. The molecule has 0 aromatic carbocycles. The van der Waals surface area contributed by atoms with E-state index in [2.05, 4.69) is 34.6 Å². The maximum Gasteiger partial charge on any atom is 0.343 e. The molecule has 2 nitrogen and oxygen atoms in total. The maximum atomic E-state index is 6.05. The predicted molar refractivity (Wildman–Crippen MR) is 63.8 cm³/mol. The van der Waals surface area contributed by atoms with Crippen molar-refractivity contribution in [3.05, 3.63) is 0 Å². The Morgan fingerprint density at radius 1 is 1.07 bits per heavy atom. The summed E-state index contributed by atoms with van der Waals surface area (Å²) in [5.41, 5.74) is 0. The van der Waals surface area contributed by atoms with E-state index in [-0.39, 0.29) is 5.04 Å². The Morgan fingerprint density at radius 2 is 1.64 bits per heavy atom. The van der Waals surface area contributed by atoms with Crippen LogP contribution >= 0.6 is 0 Å². The van der Waals surface area contributed by atoms with Gasteiger partial charge in [0.15, 0.2) is 0 Å². The molecule has 0 radical (unpaired) electrons. The molecule has 0 aliphatic rings. The molecule has 0 aliphatic heterocycles. The van der Waals surface area contributed by atoms with E-state index in [4.69, 9.17) is 8.85 Å². The summed E-state index contributed by atoms with van der Waals surface area (Å²) in [6.45, 7) is 11.9. The third-order valence-corrected chi connectivity index (χ3v) is 7.36. The Morgan fingerprint density at radius 3 is 1.93 bits per heavy atom. The van der Waals surface area contributed by atoms with Crippen LogP contribution in [0.4, 0.5) is 0 Å². The molecule has 0 rings (SSSR count). The summed E-state index contributed by atoms with van der Waals surface area (Å²) in [6, 6.07) is 1.09. The Labute approximate surface area is 90.2 Å². The topological polar surface area (TPSA) is 18.5 Å². The molecule has 86 valence electrons. The van der Waals surface area contributed by atoms with Gasteiger partial charge in [0, 0.05) is 18.8 Å². The van der Waals surface area contributed by atoms with E-state index in [9.17, 15) is 0 Å². The second-order valence-electron chi connectivity index (χ2n) is 4.81. The minimum absolute atomic E-state index is 0.160. The van der Waals surface area contributed by atoms with Crippen LogP contribution in [-0.4, -0.2) is 22.3 Å². The van der Waals surface area contributed by atoms with E-state index in [1.807, 2.05) is 7.11 Å². The van der Waals surface area contributed by atoms with Crippen LogP contribution in [0.15, 0.2) is 0 Å². The average molecular weight is 218 g/mol. The zero-order valence-electron chi connectivity index (χ0n) is 10.6. The lowest BCUT2D eigenvalue weighted by molar-refractivity contribution is 0.175. The zero-order chi connectivity index (χ0) is 11.2. The van der Waals surface area contributed by atoms with Crippen LogP contribution in [-0.2, 0) is 8.85 Å². The molecule has 1 unspecified atom stereocenters. The summed E-state index contributed by atoms with van der Waals surface area (Å²) in [4.78, 5) is 0. The van der Waals surface area contributed by atoms with Crippen LogP contribution in [0.25, 0.3) is 0 Å². The number of rotatable bonds is 6. The molecule has 0 fully saturated rings. The summed E-state index contributed by atoms with van der Waals surface area (Å²) in [5, 5.41) is 0.160. The van der Waals surface area contributed by atoms with Gasteiger partial charge in [0.1, 0.15) is 0 Å². The van der Waals surface area contributed by atoms with Crippen molar-refractivity contribution in [1.82, 2.24) is 0 Å². The van der Waals surface area contributed by atoms with Gasteiger partial charge in [0.25, 0.3) is 0 Å². The van der Waals surface area contributed by atoms with Crippen molar-refractivity contribution >= 4 is 8.56 Å². The first-order valence-electron chi connectivity index (χ1n) is 5.62. The minimum Gasteiger partial charge on any atom is -0.397 e. The van der Waals surface area contributed by atoms with E-state index in [0.29, 0.717) is 0 Å². The molecule has 0 heterocycles. The standard InChI is InChI=1S/C11H26O2Si/c1-7-9-13-14(12-6,10-8-2)11(3,4)5/h7-10H2,1-6H3. The number of hydrogen-bond donors (Lipinski definition) is 0. The molecular weight excluding hydrogens is 192 g/mol. The molecule has 0 amide bonds. The van der Waals surface area contributed by atoms with Gasteiger partial charge in [-0.2, -0.15) is 0 Å². The molecule has 0 bridgehead atoms. The van der Waals surface area contributed by atoms with Crippen molar-refractivity contribution in [2.75, 3.05) is 13.7 Å². The molecule has 0 saturated carbocycles. The van der Waals surface area contributed by atoms with Crippen molar-refractivity contribution in [3.8, 4) is 0 Å². The summed E-state index contributed by atoms with van der Waals surface area (Å²) < 4.78 is 11.8. The van der Waals surface area contributed by atoms with Gasteiger partial charge < -0.3 is 8.85 Å². The third-order valence-electron chi connectivity index (χ3n) is 2.59. The molecule has 0 aromatic heterocycles. The van der Waals surface area contributed by atoms with Gasteiger partial charge in [-0.05, 0) is 12.5 Å². The highest BCUT2D eigenvalue weighted by Crippen LogP contribution is 2.40. The molecule has 0 N–H and O–H groups in total. The van der Waals surface area contributed by atoms with Gasteiger partial charge in [0.05, 0.1) is 0 Å². The van der Waals surface area contributed by atoms with Gasteiger partial charge >= 0.3 is 8.56 Å². The normalized spacial score (nSPS) is 16.7. The second-order valence-corrected chi connectivity index (χ2v) is 9.01. The van der Waals surface area contributed by atoms with Crippen molar-refractivity contribution in [2.45, 2.75) is 58.5 Å². The molecule has 0 aliphatic carbocycles. The van der Waals surface area contributed by atoms with E-state index >= 15 is 0 Å². The highest BCUT2D eigenvalue weighted by molar-refractivity contribution is 6.70. The van der Waals surface area contributed by atoms with Gasteiger partial charge in [0.2, 0.25) is 0 Å². The van der Waals surface area contributed by atoms with E-state index < -0.39 is 8.56 Å². The monoisotopic (exact) mass is 218 g/mol. The minimum atomic E-state index is -1.99. The summed E-state index contributed by atoms with van der Waals surface area (Å²) >= 11 is 0. The fraction of sp³-hybridized carbons (Fsp3) is 1.00. The molecule has 0 spiro atoms. The third kappa shape index (κ3) is 3.37. The molecule has 3 heteroatoms. The average Bonchev–Trinajstić information content (AvgIpc) is 2.10. The number of hydrogen-bond acceptors (Lipinski definition) is 2. The first-order chi connectivity index (χ1) is 6.43. The Hall–Kier alpha value is 0.137. The van der Waals surface area contributed by atoms with Crippen LogP contribution < -0.4 is 0 Å². The summed E-state index contributed by atoms with van der Waals surface area (Å²) in [7, 11) is -0.184. The smallest absolute Gasteiger partial charge is 0.343 e. The Balaban J connectivity index is 4.60. The van der Waals surface area contributed by atoms with E-state index in [1.165, 1.54) is 0 Å². The molecule has 1 atom stereocenters. The predicted octanol–water partition coefficient (Wildman–Crippen LogP) is 3.71.